The highest BCUT2D eigenvalue weighted by Crippen LogP contribution is 2.51. The second-order valence-corrected chi connectivity index (χ2v) is 10.6. The average molecular weight is 361 g/mol. The third-order valence-electron chi connectivity index (χ3n) is 8.60. The van der Waals surface area contributed by atoms with Crippen LogP contribution in [-0.4, -0.2) is 19.0 Å². The van der Waals surface area contributed by atoms with Gasteiger partial charge < -0.3 is 9.53 Å². The predicted octanol–water partition coefficient (Wildman–Crippen LogP) is 6.20. The molecular formula is C24H40O2. The minimum absolute atomic E-state index is 0.249. The number of carbonyl (C=O) groups is 1. The van der Waals surface area contributed by atoms with E-state index in [9.17, 15) is 4.79 Å². The topological polar surface area (TPSA) is 26.3 Å². The Morgan fingerprint density at radius 2 is 2.04 bits per heavy atom. The summed E-state index contributed by atoms with van der Waals surface area (Å²) in [7, 11) is 0. The molecule has 5 unspecified atom stereocenters. The van der Waals surface area contributed by atoms with E-state index >= 15 is 0 Å². The molecule has 1 saturated heterocycles. The Kier molecular flexibility index (Phi) is 6.02. The summed E-state index contributed by atoms with van der Waals surface area (Å²) in [6, 6.07) is 0. The van der Waals surface area contributed by atoms with Crippen LogP contribution in [0, 0.1) is 34.5 Å². The van der Waals surface area contributed by atoms with Crippen LogP contribution in [0.4, 0.5) is 0 Å². The number of rotatable bonds is 7. The van der Waals surface area contributed by atoms with E-state index in [-0.39, 0.29) is 11.3 Å². The van der Waals surface area contributed by atoms with Crippen LogP contribution in [0.1, 0.15) is 85.5 Å². The van der Waals surface area contributed by atoms with E-state index in [1.165, 1.54) is 63.2 Å². The lowest BCUT2D eigenvalue weighted by Gasteiger charge is -2.38. The molecule has 0 spiro atoms. The van der Waals surface area contributed by atoms with Crippen LogP contribution in [0.3, 0.4) is 0 Å². The molecule has 2 heteroatoms. The van der Waals surface area contributed by atoms with Crippen LogP contribution in [0.15, 0.2) is 12.2 Å². The van der Waals surface area contributed by atoms with Gasteiger partial charge in [-0.05, 0) is 80.0 Å². The van der Waals surface area contributed by atoms with E-state index in [4.69, 9.17) is 4.74 Å². The zero-order chi connectivity index (χ0) is 18.9. The third kappa shape index (κ3) is 3.96. The molecule has 1 aliphatic heterocycles. The minimum atomic E-state index is 0.249. The van der Waals surface area contributed by atoms with Crippen molar-refractivity contribution in [2.24, 2.45) is 34.5 Å². The molecule has 2 nitrogen and oxygen atoms in total. The molecule has 0 amide bonds. The average Bonchev–Trinajstić information content (AvgIpc) is 3.14. The summed E-state index contributed by atoms with van der Waals surface area (Å²) in [5.41, 5.74) is 2.06. The largest absolute Gasteiger partial charge is 0.377 e. The van der Waals surface area contributed by atoms with Gasteiger partial charge in [0.1, 0.15) is 6.29 Å². The van der Waals surface area contributed by atoms with Gasteiger partial charge in [-0.15, -0.1) is 0 Å². The molecule has 26 heavy (non-hydrogen) atoms. The van der Waals surface area contributed by atoms with Crippen LogP contribution in [0.5, 0.6) is 0 Å². The van der Waals surface area contributed by atoms with Gasteiger partial charge in [0.15, 0.2) is 0 Å². The van der Waals surface area contributed by atoms with Gasteiger partial charge in [0, 0.05) is 5.92 Å². The van der Waals surface area contributed by atoms with E-state index in [1.807, 2.05) is 0 Å². The van der Waals surface area contributed by atoms with Crippen molar-refractivity contribution in [2.75, 3.05) is 6.61 Å². The Hall–Kier alpha value is -0.630. The van der Waals surface area contributed by atoms with Gasteiger partial charge in [-0.3, -0.25) is 0 Å². The standard InChI is InChI=1S/C24H40O2/c1-17-8-11-24(5)16-26-22(21(24)13-17)14-19(3)18(2)9-12-23(4)10-6-7-20(23)15-25/h15,18-22H,1,6-14,16H2,2-5H3/t18?,19?,20-,21?,22-,23?,24?/m1/s1. The highest BCUT2D eigenvalue weighted by molar-refractivity contribution is 5.55. The molecule has 3 fully saturated rings. The summed E-state index contributed by atoms with van der Waals surface area (Å²) in [6.45, 7) is 14.8. The number of carbonyl (C=O) groups excluding carboxylic acids is 1. The lowest BCUT2D eigenvalue weighted by atomic mass is 9.65. The Balaban J connectivity index is 1.52. The predicted molar refractivity (Wildman–Crippen MR) is 108 cm³/mol. The number of aldehydes is 1. The fraction of sp³-hybridized carbons (Fsp3) is 0.875. The van der Waals surface area contributed by atoms with Crippen molar-refractivity contribution >= 4 is 6.29 Å². The summed E-state index contributed by atoms with van der Waals surface area (Å²) in [6.07, 6.45) is 12.4. The molecule has 3 aliphatic rings. The van der Waals surface area contributed by atoms with Crippen LogP contribution < -0.4 is 0 Å². The second kappa shape index (κ2) is 7.78. The molecular weight excluding hydrogens is 320 g/mol. The molecule has 0 aromatic heterocycles. The van der Waals surface area contributed by atoms with E-state index in [0.717, 1.165) is 13.0 Å². The first-order valence-corrected chi connectivity index (χ1v) is 11.0. The monoisotopic (exact) mass is 360 g/mol. The van der Waals surface area contributed by atoms with E-state index < -0.39 is 0 Å². The molecule has 148 valence electrons. The fourth-order valence-electron chi connectivity index (χ4n) is 5.96. The van der Waals surface area contributed by atoms with E-state index in [2.05, 4.69) is 34.3 Å². The normalized spacial score (nSPS) is 42.5. The summed E-state index contributed by atoms with van der Waals surface area (Å²) < 4.78 is 6.32. The zero-order valence-electron chi connectivity index (χ0n) is 17.6. The van der Waals surface area contributed by atoms with Gasteiger partial charge in [0.2, 0.25) is 0 Å². The highest BCUT2D eigenvalue weighted by atomic mass is 16.5. The molecule has 3 rings (SSSR count). The van der Waals surface area contributed by atoms with Crippen LogP contribution in [0.25, 0.3) is 0 Å². The van der Waals surface area contributed by atoms with Gasteiger partial charge in [-0.2, -0.15) is 0 Å². The molecule has 0 bridgehead atoms. The molecule has 7 atom stereocenters. The van der Waals surface area contributed by atoms with Gasteiger partial charge >= 0.3 is 0 Å². The smallest absolute Gasteiger partial charge is 0.123 e. The minimum Gasteiger partial charge on any atom is -0.377 e. The zero-order valence-corrected chi connectivity index (χ0v) is 17.6. The maximum atomic E-state index is 11.4. The summed E-state index contributed by atoms with van der Waals surface area (Å²) in [5.74, 6) is 2.33. The summed E-state index contributed by atoms with van der Waals surface area (Å²) >= 11 is 0. The lowest BCUT2D eigenvalue weighted by Crippen LogP contribution is -2.34. The molecule has 0 N–H and O–H groups in total. The Morgan fingerprint density at radius 3 is 2.77 bits per heavy atom. The van der Waals surface area contributed by atoms with E-state index in [1.54, 1.807) is 0 Å². The maximum absolute atomic E-state index is 11.4. The van der Waals surface area contributed by atoms with Crippen molar-refractivity contribution in [1.29, 1.82) is 0 Å². The van der Waals surface area contributed by atoms with Crippen LogP contribution >= 0.6 is 0 Å². The second-order valence-electron chi connectivity index (χ2n) is 10.6. The molecule has 0 aromatic rings. The Bertz CT molecular complexity index is 526. The maximum Gasteiger partial charge on any atom is 0.123 e. The van der Waals surface area contributed by atoms with Gasteiger partial charge in [0.25, 0.3) is 0 Å². The SMILES string of the molecule is C=C1CCC2(C)CO[C@H](CC(C)C(C)CCC3(C)CCC[C@@H]3C=O)C2C1. The first kappa shape index (κ1) is 20.1. The first-order chi connectivity index (χ1) is 12.3. The molecule has 2 aliphatic carbocycles. The van der Waals surface area contributed by atoms with Crippen LogP contribution in [0.2, 0.25) is 0 Å². The number of hydrogen-bond donors (Lipinski definition) is 0. The van der Waals surface area contributed by atoms with E-state index in [0.29, 0.717) is 29.3 Å². The molecule has 0 radical (unpaired) electrons. The Labute approximate surface area is 161 Å². The number of allylic oxidation sites excluding steroid dienone is 1. The fourth-order valence-corrected chi connectivity index (χ4v) is 5.96. The van der Waals surface area contributed by atoms with Crippen molar-refractivity contribution in [3.05, 3.63) is 12.2 Å². The quantitative estimate of drug-likeness (QED) is 0.399. The third-order valence-corrected chi connectivity index (χ3v) is 8.60. The van der Waals surface area contributed by atoms with Gasteiger partial charge in [0.05, 0.1) is 12.7 Å². The highest BCUT2D eigenvalue weighted by Gasteiger charge is 2.48. The van der Waals surface area contributed by atoms with Gasteiger partial charge in [-0.25, -0.2) is 0 Å². The van der Waals surface area contributed by atoms with Crippen molar-refractivity contribution in [3.63, 3.8) is 0 Å². The van der Waals surface area contributed by atoms with Crippen molar-refractivity contribution < 1.29 is 9.53 Å². The lowest BCUT2D eigenvalue weighted by molar-refractivity contribution is -0.113. The molecule has 1 heterocycles. The summed E-state index contributed by atoms with van der Waals surface area (Å²) in [4.78, 5) is 11.4. The van der Waals surface area contributed by atoms with Gasteiger partial charge in [-0.1, -0.05) is 46.3 Å². The number of ether oxygens (including phenoxy) is 1. The number of fused-ring (bicyclic) bond motifs is 1. The Morgan fingerprint density at radius 1 is 1.27 bits per heavy atom. The summed E-state index contributed by atoms with van der Waals surface area (Å²) in [5, 5.41) is 0. The van der Waals surface area contributed by atoms with Crippen molar-refractivity contribution in [1.82, 2.24) is 0 Å². The molecule has 2 saturated carbocycles. The number of hydrogen-bond acceptors (Lipinski definition) is 2. The van der Waals surface area contributed by atoms with Crippen LogP contribution in [-0.2, 0) is 9.53 Å². The van der Waals surface area contributed by atoms with Crippen molar-refractivity contribution in [2.45, 2.75) is 91.6 Å². The first-order valence-electron chi connectivity index (χ1n) is 11.0. The van der Waals surface area contributed by atoms with Crippen molar-refractivity contribution in [3.8, 4) is 0 Å². The molecule has 0 aromatic carbocycles.